The first-order chi connectivity index (χ1) is 12.9. The fourth-order valence-electron chi connectivity index (χ4n) is 2.75. The van der Waals surface area contributed by atoms with E-state index in [9.17, 15) is 14.4 Å². The molecular formula is C20H32N4O3. The van der Waals surface area contributed by atoms with Crippen molar-refractivity contribution in [1.82, 2.24) is 10.2 Å². The number of hydrogen-bond donors (Lipinski definition) is 3. The van der Waals surface area contributed by atoms with Crippen LogP contribution < -0.4 is 16.4 Å². The molecule has 0 radical (unpaired) electrons. The molecule has 1 aliphatic rings. The van der Waals surface area contributed by atoms with Gasteiger partial charge in [-0.25, -0.2) is 0 Å². The van der Waals surface area contributed by atoms with Crippen LogP contribution in [0.5, 0.6) is 0 Å². The third-order valence-corrected chi connectivity index (χ3v) is 4.28. The summed E-state index contributed by atoms with van der Waals surface area (Å²) in [5.41, 5.74) is 6.94. The fourth-order valence-corrected chi connectivity index (χ4v) is 2.75. The Hall–Kier alpha value is -2.41. The van der Waals surface area contributed by atoms with Gasteiger partial charge < -0.3 is 21.3 Å². The molecule has 4 N–H and O–H groups in total. The predicted molar refractivity (Wildman–Crippen MR) is 107 cm³/mol. The van der Waals surface area contributed by atoms with E-state index in [4.69, 9.17) is 5.73 Å². The average Bonchev–Trinajstić information content (AvgIpc) is 3.13. The number of unbranched alkanes of at least 4 members (excludes halogenated alkanes) is 1. The number of carbonyl (C=O) groups excluding carboxylic acids is 3. The van der Waals surface area contributed by atoms with Gasteiger partial charge in [0.25, 0.3) is 0 Å². The molecule has 27 heavy (non-hydrogen) atoms. The van der Waals surface area contributed by atoms with Crippen LogP contribution in [0.1, 0.15) is 45.1 Å². The second-order valence-electron chi connectivity index (χ2n) is 6.64. The number of likely N-dealkylation sites (tertiary alicyclic amines) is 1. The summed E-state index contributed by atoms with van der Waals surface area (Å²) in [5.74, 6) is -0.668. The van der Waals surface area contributed by atoms with Crippen molar-refractivity contribution in [3.8, 4) is 0 Å². The van der Waals surface area contributed by atoms with Gasteiger partial charge in [0.1, 0.15) is 6.04 Å². The number of nitrogens with one attached hydrogen (secondary N) is 2. The lowest BCUT2D eigenvalue weighted by Crippen LogP contribution is -2.46. The SMILES string of the molecule is CC(=O)N1CCCC1C(=O)NCC(=O)Nc1ccc(C)cc1.CCCCN. The highest BCUT2D eigenvalue weighted by Crippen LogP contribution is 2.17. The largest absolute Gasteiger partial charge is 0.345 e. The molecule has 1 unspecified atom stereocenters. The minimum absolute atomic E-state index is 0.102. The van der Waals surface area contributed by atoms with Crippen molar-refractivity contribution in [2.24, 2.45) is 5.73 Å². The molecule has 1 saturated heterocycles. The molecule has 0 aliphatic carbocycles. The third-order valence-electron chi connectivity index (χ3n) is 4.28. The van der Waals surface area contributed by atoms with Crippen LogP contribution in [0.3, 0.4) is 0 Å². The number of nitrogens with zero attached hydrogens (tertiary/aromatic N) is 1. The van der Waals surface area contributed by atoms with Gasteiger partial charge in [-0.1, -0.05) is 31.0 Å². The van der Waals surface area contributed by atoms with Crippen molar-refractivity contribution in [2.75, 3.05) is 25.0 Å². The van der Waals surface area contributed by atoms with Crippen LogP contribution in [0.2, 0.25) is 0 Å². The highest BCUT2D eigenvalue weighted by molar-refractivity contribution is 5.96. The fraction of sp³-hybridized carbons (Fsp3) is 0.550. The lowest BCUT2D eigenvalue weighted by molar-refractivity contribution is -0.137. The van der Waals surface area contributed by atoms with Gasteiger partial charge in [-0.3, -0.25) is 14.4 Å². The second-order valence-corrected chi connectivity index (χ2v) is 6.64. The Morgan fingerprint density at radius 3 is 2.41 bits per heavy atom. The number of amides is 3. The standard InChI is InChI=1S/C16H21N3O3.C4H11N/c1-11-5-7-13(8-6-11)18-15(21)10-17-16(22)14-4-3-9-19(14)12(2)20;1-2-3-4-5/h5-8,14H,3-4,9-10H2,1-2H3,(H,17,22)(H,18,21);2-5H2,1H3. The summed E-state index contributed by atoms with van der Waals surface area (Å²) >= 11 is 0. The molecule has 1 heterocycles. The summed E-state index contributed by atoms with van der Waals surface area (Å²) in [4.78, 5) is 36.9. The van der Waals surface area contributed by atoms with Crippen LogP contribution in [0.15, 0.2) is 24.3 Å². The number of hydrogen-bond acceptors (Lipinski definition) is 4. The lowest BCUT2D eigenvalue weighted by atomic mass is 10.2. The van der Waals surface area contributed by atoms with E-state index in [-0.39, 0.29) is 24.3 Å². The zero-order chi connectivity index (χ0) is 20.2. The summed E-state index contributed by atoms with van der Waals surface area (Å²) in [6, 6.07) is 6.96. The lowest BCUT2D eigenvalue weighted by Gasteiger charge is -2.22. The first-order valence-electron chi connectivity index (χ1n) is 9.50. The normalized spacial score (nSPS) is 15.6. The summed E-state index contributed by atoms with van der Waals surface area (Å²) in [6.07, 6.45) is 3.84. The van der Waals surface area contributed by atoms with Gasteiger partial charge in [0.15, 0.2) is 0 Å². The van der Waals surface area contributed by atoms with Crippen molar-refractivity contribution < 1.29 is 14.4 Å². The molecular weight excluding hydrogens is 344 g/mol. The van der Waals surface area contributed by atoms with Crippen molar-refractivity contribution in [2.45, 2.75) is 52.5 Å². The molecule has 3 amide bonds. The van der Waals surface area contributed by atoms with Crippen LogP contribution >= 0.6 is 0 Å². The summed E-state index contributed by atoms with van der Waals surface area (Å²) < 4.78 is 0. The zero-order valence-corrected chi connectivity index (χ0v) is 16.6. The average molecular weight is 377 g/mol. The number of benzene rings is 1. The van der Waals surface area contributed by atoms with E-state index in [0.717, 1.165) is 18.5 Å². The molecule has 1 aliphatic heterocycles. The minimum Gasteiger partial charge on any atom is -0.345 e. The molecule has 1 fully saturated rings. The minimum atomic E-state index is -0.454. The van der Waals surface area contributed by atoms with Crippen molar-refractivity contribution >= 4 is 23.4 Å². The van der Waals surface area contributed by atoms with E-state index >= 15 is 0 Å². The van der Waals surface area contributed by atoms with Gasteiger partial charge in [0.05, 0.1) is 6.54 Å². The number of anilines is 1. The maximum atomic E-state index is 12.1. The van der Waals surface area contributed by atoms with E-state index in [1.165, 1.54) is 19.8 Å². The topological polar surface area (TPSA) is 105 Å². The van der Waals surface area contributed by atoms with E-state index in [0.29, 0.717) is 18.7 Å². The molecule has 1 atom stereocenters. The Balaban J connectivity index is 0.000000646. The van der Waals surface area contributed by atoms with Crippen molar-refractivity contribution in [3.05, 3.63) is 29.8 Å². The summed E-state index contributed by atoms with van der Waals surface area (Å²) in [5, 5.41) is 5.31. The summed E-state index contributed by atoms with van der Waals surface area (Å²) in [6.45, 7) is 6.89. The molecule has 7 heteroatoms. The van der Waals surface area contributed by atoms with Crippen LogP contribution in [0.4, 0.5) is 5.69 Å². The van der Waals surface area contributed by atoms with Crippen LogP contribution in [-0.2, 0) is 14.4 Å². The van der Waals surface area contributed by atoms with Gasteiger partial charge in [0.2, 0.25) is 17.7 Å². The second kappa shape index (κ2) is 12.1. The Labute approximate surface area is 161 Å². The van der Waals surface area contributed by atoms with Crippen molar-refractivity contribution in [3.63, 3.8) is 0 Å². The molecule has 0 saturated carbocycles. The van der Waals surface area contributed by atoms with Gasteiger partial charge in [-0.05, 0) is 44.9 Å². The molecule has 2 rings (SSSR count). The van der Waals surface area contributed by atoms with Crippen LogP contribution in [0.25, 0.3) is 0 Å². The van der Waals surface area contributed by atoms with E-state index in [1.54, 1.807) is 4.90 Å². The number of carbonyl (C=O) groups is 3. The van der Waals surface area contributed by atoms with Crippen LogP contribution in [-0.4, -0.2) is 48.3 Å². The highest BCUT2D eigenvalue weighted by Gasteiger charge is 2.32. The third kappa shape index (κ3) is 8.21. The zero-order valence-electron chi connectivity index (χ0n) is 16.6. The van der Waals surface area contributed by atoms with Gasteiger partial charge in [0, 0.05) is 19.2 Å². The van der Waals surface area contributed by atoms with E-state index in [1.807, 2.05) is 31.2 Å². The molecule has 7 nitrogen and oxygen atoms in total. The first-order valence-corrected chi connectivity index (χ1v) is 9.50. The first kappa shape index (κ1) is 22.6. The molecule has 0 aromatic heterocycles. The molecule has 0 spiro atoms. The maximum absolute atomic E-state index is 12.1. The molecule has 1 aromatic rings. The quantitative estimate of drug-likeness (QED) is 0.704. The van der Waals surface area contributed by atoms with Gasteiger partial charge >= 0.3 is 0 Å². The smallest absolute Gasteiger partial charge is 0.243 e. The highest BCUT2D eigenvalue weighted by atomic mass is 16.2. The Morgan fingerprint density at radius 1 is 1.22 bits per heavy atom. The van der Waals surface area contributed by atoms with Gasteiger partial charge in [-0.2, -0.15) is 0 Å². The number of nitrogens with two attached hydrogens (primary N) is 1. The molecule has 150 valence electrons. The predicted octanol–water partition coefficient (Wildman–Crippen LogP) is 1.81. The maximum Gasteiger partial charge on any atom is 0.243 e. The monoisotopic (exact) mass is 376 g/mol. The van der Waals surface area contributed by atoms with Crippen LogP contribution in [0, 0.1) is 6.92 Å². The Morgan fingerprint density at radius 2 is 1.89 bits per heavy atom. The molecule has 1 aromatic carbocycles. The van der Waals surface area contributed by atoms with Gasteiger partial charge in [-0.15, -0.1) is 0 Å². The van der Waals surface area contributed by atoms with E-state index in [2.05, 4.69) is 17.6 Å². The number of aryl methyl sites for hydroxylation is 1. The van der Waals surface area contributed by atoms with Crippen molar-refractivity contribution in [1.29, 1.82) is 0 Å². The molecule has 0 bridgehead atoms. The number of rotatable bonds is 6. The Bertz CT molecular complexity index is 614. The summed E-state index contributed by atoms with van der Waals surface area (Å²) in [7, 11) is 0. The Kier molecular flexibility index (Phi) is 10.1. The van der Waals surface area contributed by atoms with E-state index < -0.39 is 6.04 Å².